The Morgan fingerprint density at radius 1 is 1.50 bits per heavy atom. The van der Waals surface area contributed by atoms with E-state index in [0.29, 0.717) is 6.04 Å². The summed E-state index contributed by atoms with van der Waals surface area (Å²) in [5.74, 6) is 0. The molecule has 3 heteroatoms. The predicted molar refractivity (Wildman–Crippen MR) is 59.4 cm³/mol. The van der Waals surface area contributed by atoms with Gasteiger partial charge in [0.2, 0.25) is 0 Å². The van der Waals surface area contributed by atoms with Gasteiger partial charge in [0.15, 0.2) is 0 Å². The summed E-state index contributed by atoms with van der Waals surface area (Å²) in [5.41, 5.74) is 1.34. The fraction of sp³-hybridized carbons (Fsp3) is 0.727. The average Bonchev–Trinajstić information content (AvgIpc) is 2.62. The van der Waals surface area contributed by atoms with Crippen LogP contribution in [0, 0.1) is 0 Å². The second kappa shape index (κ2) is 5.81. The molecule has 0 saturated carbocycles. The highest BCUT2D eigenvalue weighted by molar-refractivity contribution is 5.00. The van der Waals surface area contributed by atoms with E-state index in [1.807, 2.05) is 6.20 Å². The lowest BCUT2D eigenvalue weighted by Gasteiger charge is -2.12. The van der Waals surface area contributed by atoms with Crippen LogP contribution >= 0.6 is 0 Å². The molecule has 0 saturated heterocycles. The molecule has 3 nitrogen and oxygen atoms in total. The van der Waals surface area contributed by atoms with Gasteiger partial charge in [0.05, 0.1) is 0 Å². The normalized spacial score (nSPS) is 13.1. The van der Waals surface area contributed by atoms with E-state index in [9.17, 15) is 0 Å². The van der Waals surface area contributed by atoms with Crippen molar-refractivity contribution in [2.24, 2.45) is 0 Å². The van der Waals surface area contributed by atoms with E-state index in [1.165, 1.54) is 12.1 Å². The van der Waals surface area contributed by atoms with Crippen molar-refractivity contribution in [2.75, 3.05) is 6.54 Å². The van der Waals surface area contributed by atoms with E-state index in [4.69, 9.17) is 0 Å². The number of aromatic nitrogens is 2. The summed E-state index contributed by atoms with van der Waals surface area (Å²) in [6, 6.07) is 2.71. The maximum absolute atomic E-state index is 4.25. The van der Waals surface area contributed by atoms with Gasteiger partial charge < -0.3 is 5.32 Å². The molecule has 0 aromatic carbocycles. The molecular formula is C11H21N3. The Bertz CT molecular complexity index is 255. The van der Waals surface area contributed by atoms with Gasteiger partial charge in [-0.3, -0.25) is 4.68 Å². The molecule has 0 fully saturated rings. The minimum atomic E-state index is 0.597. The van der Waals surface area contributed by atoms with Gasteiger partial charge in [0, 0.05) is 24.5 Å². The highest BCUT2D eigenvalue weighted by Crippen LogP contribution is 2.04. The van der Waals surface area contributed by atoms with Gasteiger partial charge in [-0.25, -0.2) is 0 Å². The summed E-state index contributed by atoms with van der Waals surface area (Å²) < 4.78 is 2.07. The number of nitrogens with one attached hydrogen (secondary N) is 1. The molecule has 0 aliphatic rings. The highest BCUT2D eigenvalue weighted by Gasteiger charge is 2.03. The largest absolute Gasteiger partial charge is 0.315 e. The third-order valence-electron chi connectivity index (χ3n) is 2.49. The van der Waals surface area contributed by atoms with Gasteiger partial charge in [-0.1, -0.05) is 6.92 Å². The Balaban J connectivity index is 2.37. The molecule has 1 rings (SSSR count). The molecule has 1 aromatic heterocycles. The van der Waals surface area contributed by atoms with Crippen molar-refractivity contribution in [1.82, 2.24) is 15.1 Å². The van der Waals surface area contributed by atoms with Gasteiger partial charge in [-0.15, -0.1) is 0 Å². The van der Waals surface area contributed by atoms with Crippen molar-refractivity contribution >= 4 is 0 Å². The predicted octanol–water partition coefficient (Wildman–Crippen LogP) is 1.83. The lowest BCUT2D eigenvalue weighted by atomic mass is 10.1. The lowest BCUT2D eigenvalue weighted by molar-refractivity contribution is 0.513. The van der Waals surface area contributed by atoms with Crippen molar-refractivity contribution in [3.63, 3.8) is 0 Å². The van der Waals surface area contributed by atoms with Crippen LogP contribution in [0.4, 0.5) is 0 Å². The molecular weight excluding hydrogens is 174 g/mol. The maximum atomic E-state index is 4.25. The standard InChI is InChI=1S/C11H21N3/c1-4-12-10(3)6-7-11-8-9-13-14(11)5-2/h8-10,12H,4-7H2,1-3H3. The Morgan fingerprint density at radius 2 is 2.29 bits per heavy atom. The van der Waals surface area contributed by atoms with Crippen LogP contribution in [0.15, 0.2) is 12.3 Å². The molecule has 1 unspecified atom stereocenters. The number of nitrogens with zero attached hydrogens (tertiary/aromatic N) is 2. The molecule has 0 aliphatic carbocycles. The third-order valence-corrected chi connectivity index (χ3v) is 2.49. The highest BCUT2D eigenvalue weighted by atomic mass is 15.3. The molecule has 0 amide bonds. The van der Waals surface area contributed by atoms with E-state index < -0.39 is 0 Å². The third kappa shape index (κ3) is 3.14. The first kappa shape index (κ1) is 11.2. The minimum absolute atomic E-state index is 0.597. The first-order chi connectivity index (χ1) is 6.77. The SMILES string of the molecule is CCNC(C)CCc1ccnn1CC. The van der Waals surface area contributed by atoms with Crippen LogP contribution in [0.25, 0.3) is 0 Å². The Hall–Kier alpha value is -0.830. The van der Waals surface area contributed by atoms with Crippen LogP contribution in [0.2, 0.25) is 0 Å². The van der Waals surface area contributed by atoms with Gasteiger partial charge in [0.25, 0.3) is 0 Å². The second-order valence-corrected chi connectivity index (χ2v) is 3.64. The molecule has 0 aliphatic heterocycles. The minimum Gasteiger partial charge on any atom is -0.315 e. The summed E-state index contributed by atoms with van der Waals surface area (Å²) in [7, 11) is 0. The van der Waals surface area contributed by atoms with Gasteiger partial charge in [-0.2, -0.15) is 5.10 Å². The summed E-state index contributed by atoms with van der Waals surface area (Å²) in [4.78, 5) is 0. The monoisotopic (exact) mass is 195 g/mol. The summed E-state index contributed by atoms with van der Waals surface area (Å²) in [6.45, 7) is 8.53. The van der Waals surface area contributed by atoms with Crippen LogP contribution in [0.1, 0.15) is 32.9 Å². The molecule has 1 N–H and O–H groups in total. The van der Waals surface area contributed by atoms with E-state index >= 15 is 0 Å². The zero-order chi connectivity index (χ0) is 10.4. The quantitative estimate of drug-likeness (QED) is 0.750. The number of aryl methyl sites for hydroxylation is 2. The first-order valence-electron chi connectivity index (χ1n) is 5.52. The van der Waals surface area contributed by atoms with E-state index in [-0.39, 0.29) is 0 Å². The molecule has 0 radical (unpaired) electrons. The van der Waals surface area contributed by atoms with Crippen molar-refractivity contribution in [3.05, 3.63) is 18.0 Å². The maximum Gasteiger partial charge on any atom is 0.0492 e. The molecule has 80 valence electrons. The smallest absolute Gasteiger partial charge is 0.0492 e. The Labute approximate surface area is 86.5 Å². The van der Waals surface area contributed by atoms with E-state index in [2.05, 4.69) is 41.9 Å². The fourth-order valence-corrected chi connectivity index (χ4v) is 1.67. The first-order valence-corrected chi connectivity index (χ1v) is 5.52. The number of hydrogen-bond acceptors (Lipinski definition) is 2. The van der Waals surface area contributed by atoms with Crippen molar-refractivity contribution < 1.29 is 0 Å². The van der Waals surface area contributed by atoms with Gasteiger partial charge in [-0.05, 0) is 39.3 Å². The van der Waals surface area contributed by atoms with Crippen LogP contribution in [-0.2, 0) is 13.0 Å². The van der Waals surface area contributed by atoms with E-state index in [1.54, 1.807) is 0 Å². The lowest BCUT2D eigenvalue weighted by Crippen LogP contribution is -2.26. The zero-order valence-corrected chi connectivity index (χ0v) is 9.45. The second-order valence-electron chi connectivity index (χ2n) is 3.64. The summed E-state index contributed by atoms with van der Waals surface area (Å²) in [5, 5.41) is 7.67. The molecule has 1 heterocycles. The Morgan fingerprint density at radius 3 is 2.93 bits per heavy atom. The number of rotatable bonds is 6. The molecule has 0 bridgehead atoms. The summed E-state index contributed by atoms with van der Waals surface area (Å²) >= 11 is 0. The van der Waals surface area contributed by atoms with Crippen molar-refractivity contribution in [2.45, 2.75) is 46.2 Å². The average molecular weight is 195 g/mol. The summed E-state index contributed by atoms with van der Waals surface area (Å²) in [6.07, 6.45) is 4.18. The van der Waals surface area contributed by atoms with Crippen LogP contribution in [0.3, 0.4) is 0 Å². The van der Waals surface area contributed by atoms with Gasteiger partial charge in [0.1, 0.15) is 0 Å². The number of hydrogen-bond donors (Lipinski definition) is 1. The molecule has 14 heavy (non-hydrogen) atoms. The fourth-order valence-electron chi connectivity index (χ4n) is 1.67. The van der Waals surface area contributed by atoms with Gasteiger partial charge >= 0.3 is 0 Å². The molecule has 1 atom stereocenters. The van der Waals surface area contributed by atoms with E-state index in [0.717, 1.165) is 19.5 Å². The topological polar surface area (TPSA) is 29.9 Å². The van der Waals surface area contributed by atoms with Crippen molar-refractivity contribution in [1.29, 1.82) is 0 Å². The molecule has 0 spiro atoms. The molecule has 1 aromatic rings. The Kier molecular flexibility index (Phi) is 4.66. The zero-order valence-electron chi connectivity index (χ0n) is 9.45. The van der Waals surface area contributed by atoms with Crippen molar-refractivity contribution in [3.8, 4) is 0 Å². The van der Waals surface area contributed by atoms with Crippen LogP contribution in [0.5, 0.6) is 0 Å². The van der Waals surface area contributed by atoms with Crippen LogP contribution < -0.4 is 5.32 Å². The van der Waals surface area contributed by atoms with Crippen LogP contribution in [-0.4, -0.2) is 22.4 Å².